The Balaban J connectivity index is 2.00. The lowest BCUT2D eigenvalue weighted by atomic mass is 9.89. The first-order chi connectivity index (χ1) is 11.4. The number of hydrogen-bond donors (Lipinski definition) is 2. The number of aliphatic hydroxyl groups excluding tert-OH is 1. The Morgan fingerprint density at radius 3 is 2.46 bits per heavy atom. The molecule has 0 unspecified atom stereocenters. The van der Waals surface area contributed by atoms with E-state index in [9.17, 15) is 23.1 Å². The molecule has 122 valence electrons. The van der Waals surface area contributed by atoms with Crippen molar-refractivity contribution in [2.24, 2.45) is 0 Å². The lowest BCUT2D eigenvalue weighted by Gasteiger charge is -2.25. The van der Waals surface area contributed by atoms with Gasteiger partial charge >= 0.3 is 0 Å². The average Bonchev–Trinajstić information content (AvgIpc) is 2.57. The van der Waals surface area contributed by atoms with Crippen LogP contribution >= 0.6 is 0 Å². The summed E-state index contributed by atoms with van der Waals surface area (Å²) < 4.78 is 24.5. The minimum absolute atomic E-state index is 0.107. The van der Waals surface area contributed by atoms with Gasteiger partial charge in [-0.3, -0.25) is 9.59 Å². The standard InChI is InChI=1S/C17H13NO5S/c19-8-9-1-2-10-6-13-12(7-11(10)5-9)15(20)14-17(16(13)21)24(22,23)4-3-18-14/h1-2,5-7,18-19H,3-4,8H2. The molecule has 4 rings (SSSR count). The minimum Gasteiger partial charge on any atom is -0.392 e. The topological polar surface area (TPSA) is 101 Å². The van der Waals surface area contributed by atoms with Gasteiger partial charge in [-0.05, 0) is 34.5 Å². The van der Waals surface area contributed by atoms with Gasteiger partial charge < -0.3 is 10.4 Å². The van der Waals surface area contributed by atoms with Gasteiger partial charge in [-0.2, -0.15) is 0 Å². The van der Waals surface area contributed by atoms with E-state index in [1.54, 1.807) is 30.3 Å². The van der Waals surface area contributed by atoms with E-state index in [1.807, 2.05) is 0 Å². The number of rotatable bonds is 1. The first kappa shape index (κ1) is 15.0. The number of hydrogen-bond acceptors (Lipinski definition) is 6. The van der Waals surface area contributed by atoms with E-state index in [-0.39, 0.29) is 35.7 Å². The van der Waals surface area contributed by atoms with Crippen LogP contribution in [-0.2, 0) is 16.4 Å². The lowest BCUT2D eigenvalue weighted by molar-refractivity contribution is 0.0974. The second-order valence-electron chi connectivity index (χ2n) is 5.85. The normalized spacial score (nSPS) is 19.0. The first-order valence-corrected chi connectivity index (χ1v) is 9.05. The summed E-state index contributed by atoms with van der Waals surface area (Å²) in [5, 5.41) is 13.4. The van der Waals surface area contributed by atoms with Gasteiger partial charge in [0.2, 0.25) is 11.6 Å². The highest BCUT2D eigenvalue weighted by Crippen LogP contribution is 2.33. The Morgan fingerprint density at radius 1 is 1.00 bits per heavy atom. The van der Waals surface area contributed by atoms with E-state index >= 15 is 0 Å². The molecule has 1 aliphatic heterocycles. The summed E-state index contributed by atoms with van der Waals surface area (Å²) in [4.78, 5) is 25.0. The van der Waals surface area contributed by atoms with Crippen molar-refractivity contribution >= 4 is 32.2 Å². The fraction of sp³-hybridized carbons (Fsp3) is 0.176. The molecule has 24 heavy (non-hydrogen) atoms. The molecule has 2 aliphatic rings. The van der Waals surface area contributed by atoms with E-state index in [1.165, 1.54) is 0 Å². The summed E-state index contributed by atoms with van der Waals surface area (Å²) in [6.07, 6.45) is 0. The molecule has 0 spiro atoms. The molecule has 2 N–H and O–H groups in total. The molecule has 0 saturated heterocycles. The zero-order chi connectivity index (χ0) is 17.1. The van der Waals surface area contributed by atoms with Crippen molar-refractivity contribution in [3.05, 3.63) is 57.6 Å². The molecule has 0 bridgehead atoms. The molecule has 2 aromatic rings. The largest absolute Gasteiger partial charge is 0.392 e. The molecule has 0 amide bonds. The third kappa shape index (κ3) is 2.02. The van der Waals surface area contributed by atoms with Gasteiger partial charge in [0, 0.05) is 17.7 Å². The van der Waals surface area contributed by atoms with Crippen LogP contribution < -0.4 is 5.32 Å². The SMILES string of the molecule is O=C1C2=C(C(=O)c3cc4ccc(CO)cc4cc31)S(=O)(=O)CCN2. The molecular formula is C17H13NO5S. The molecule has 1 heterocycles. The quantitative estimate of drug-likeness (QED) is 0.799. The molecule has 0 saturated carbocycles. The van der Waals surface area contributed by atoms with E-state index < -0.39 is 26.3 Å². The van der Waals surface area contributed by atoms with Crippen LogP contribution in [0.5, 0.6) is 0 Å². The van der Waals surface area contributed by atoms with Crippen LogP contribution in [-0.4, -0.2) is 37.4 Å². The van der Waals surface area contributed by atoms with Gasteiger partial charge in [0.15, 0.2) is 9.84 Å². The van der Waals surface area contributed by atoms with Gasteiger partial charge in [-0.15, -0.1) is 0 Å². The van der Waals surface area contributed by atoms with E-state index in [2.05, 4.69) is 5.32 Å². The van der Waals surface area contributed by atoms with E-state index in [0.29, 0.717) is 16.3 Å². The monoisotopic (exact) mass is 343 g/mol. The Labute approximate surface area is 137 Å². The second-order valence-corrected chi connectivity index (χ2v) is 7.89. The van der Waals surface area contributed by atoms with Crippen molar-refractivity contribution in [3.63, 3.8) is 0 Å². The third-order valence-electron chi connectivity index (χ3n) is 4.36. The number of aliphatic hydroxyl groups is 1. The van der Waals surface area contributed by atoms with Gasteiger partial charge in [-0.25, -0.2) is 8.42 Å². The van der Waals surface area contributed by atoms with Crippen LogP contribution in [0.3, 0.4) is 0 Å². The predicted molar refractivity (Wildman–Crippen MR) is 87.3 cm³/mol. The third-order valence-corrected chi connectivity index (χ3v) is 6.11. The summed E-state index contributed by atoms with van der Waals surface area (Å²) in [5.41, 5.74) is 0.855. The van der Waals surface area contributed by atoms with Crippen molar-refractivity contribution < 1.29 is 23.1 Å². The molecule has 7 heteroatoms. The van der Waals surface area contributed by atoms with Gasteiger partial charge in [0.05, 0.1) is 12.4 Å². The average molecular weight is 343 g/mol. The Bertz CT molecular complexity index is 1070. The predicted octanol–water partition coefficient (Wildman–Crippen LogP) is 0.941. The highest BCUT2D eigenvalue weighted by Gasteiger charge is 2.41. The summed E-state index contributed by atoms with van der Waals surface area (Å²) in [6.45, 7) is -0.0211. The zero-order valence-corrected chi connectivity index (χ0v) is 13.3. The number of ketones is 2. The maximum Gasteiger partial charge on any atom is 0.211 e. The van der Waals surface area contributed by atoms with Gasteiger partial charge in [-0.1, -0.05) is 12.1 Å². The first-order valence-electron chi connectivity index (χ1n) is 7.40. The molecule has 0 atom stereocenters. The summed E-state index contributed by atoms with van der Waals surface area (Å²) in [5.74, 6) is -1.33. The van der Waals surface area contributed by atoms with Crippen LogP contribution in [0, 0.1) is 0 Å². The molecular weight excluding hydrogens is 330 g/mol. The number of Topliss-reactive ketones (excluding diaryl/α,β-unsaturated/α-hetero) is 2. The lowest BCUT2D eigenvalue weighted by Crippen LogP contribution is -2.40. The Hall–Kier alpha value is -2.51. The summed E-state index contributed by atoms with van der Waals surface area (Å²) in [6, 6.07) is 8.31. The number of carbonyl (C=O) groups excluding carboxylic acids is 2. The van der Waals surface area contributed by atoms with Crippen LogP contribution in [0.25, 0.3) is 10.8 Å². The molecule has 6 nitrogen and oxygen atoms in total. The highest BCUT2D eigenvalue weighted by atomic mass is 32.2. The fourth-order valence-electron chi connectivity index (χ4n) is 3.16. The number of allylic oxidation sites excluding steroid dienone is 2. The second kappa shape index (κ2) is 4.99. The van der Waals surface area contributed by atoms with Gasteiger partial charge in [0.25, 0.3) is 0 Å². The number of benzene rings is 2. The van der Waals surface area contributed by atoms with E-state index in [4.69, 9.17) is 0 Å². The fourth-order valence-corrected chi connectivity index (χ4v) is 4.61. The van der Waals surface area contributed by atoms with Gasteiger partial charge in [0.1, 0.15) is 10.6 Å². The number of sulfone groups is 1. The van der Waals surface area contributed by atoms with Crippen LogP contribution in [0.2, 0.25) is 0 Å². The number of carbonyl (C=O) groups is 2. The maximum atomic E-state index is 12.7. The molecule has 2 aromatic carbocycles. The highest BCUT2D eigenvalue weighted by molar-refractivity contribution is 7.96. The number of nitrogens with one attached hydrogen (secondary N) is 1. The van der Waals surface area contributed by atoms with Crippen LogP contribution in [0.1, 0.15) is 26.3 Å². The maximum absolute atomic E-state index is 12.7. The molecule has 0 radical (unpaired) electrons. The van der Waals surface area contributed by atoms with Crippen molar-refractivity contribution in [2.45, 2.75) is 6.61 Å². The summed E-state index contributed by atoms with van der Waals surface area (Å²) >= 11 is 0. The minimum atomic E-state index is -3.76. The van der Waals surface area contributed by atoms with Crippen molar-refractivity contribution in [2.75, 3.05) is 12.3 Å². The smallest absolute Gasteiger partial charge is 0.211 e. The Morgan fingerprint density at radius 2 is 1.71 bits per heavy atom. The van der Waals surface area contributed by atoms with Crippen LogP contribution in [0.4, 0.5) is 0 Å². The van der Waals surface area contributed by atoms with Crippen molar-refractivity contribution in [1.82, 2.24) is 5.32 Å². The van der Waals surface area contributed by atoms with Crippen molar-refractivity contribution in [1.29, 1.82) is 0 Å². The molecule has 0 aromatic heterocycles. The summed E-state index contributed by atoms with van der Waals surface area (Å²) in [7, 11) is -3.76. The molecule has 1 aliphatic carbocycles. The number of fused-ring (bicyclic) bond motifs is 2. The van der Waals surface area contributed by atoms with Crippen LogP contribution in [0.15, 0.2) is 40.9 Å². The molecule has 0 fully saturated rings. The van der Waals surface area contributed by atoms with E-state index in [0.717, 1.165) is 0 Å². The van der Waals surface area contributed by atoms with Crippen molar-refractivity contribution in [3.8, 4) is 0 Å². The Kier molecular flexibility index (Phi) is 3.13. The zero-order valence-electron chi connectivity index (χ0n) is 12.5.